The lowest BCUT2D eigenvalue weighted by molar-refractivity contribution is 0.286. The van der Waals surface area contributed by atoms with E-state index in [0.717, 1.165) is 29.2 Å². The van der Waals surface area contributed by atoms with Gasteiger partial charge in [-0.05, 0) is 25.0 Å². The van der Waals surface area contributed by atoms with Crippen LogP contribution < -0.4 is 5.73 Å². The largest absolute Gasteiger partial charge is 0.319 e. The highest BCUT2D eigenvalue weighted by atomic mass is 35.5. The lowest BCUT2D eigenvalue weighted by atomic mass is 9.82. The number of fused-ring (bicyclic) bond motifs is 1. The summed E-state index contributed by atoms with van der Waals surface area (Å²) < 4.78 is 2.07. The van der Waals surface area contributed by atoms with E-state index in [-0.39, 0.29) is 5.54 Å². The minimum atomic E-state index is -0.265. The third-order valence-corrected chi connectivity index (χ3v) is 3.92. The van der Waals surface area contributed by atoms with Crippen LogP contribution in [-0.2, 0) is 5.54 Å². The van der Waals surface area contributed by atoms with E-state index < -0.39 is 0 Å². The van der Waals surface area contributed by atoms with Crippen molar-refractivity contribution in [1.82, 2.24) is 9.38 Å². The molecule has 1 aliphatic carbocycles. The Balaban J connectivity index is 2.10. The Bertz CT molecular complexity index is 541. The van der Waals surface area contributed by atoms with E-state index in [1.54, 1.807) is 0 Å². The van der Waals surface area contributed by atoms with Crippen LogP contribution in [0.25, 0.3) is 5.52 Å². The monoisotopic (exact) mass is 249 g/mol. The van der Waals surface area contributed by atoms with E-state index in [1.807, 2.05) is 24.5 Å². The van der Waals surface area contributed by atoms with Gasteiger partial charge in [-0.3, -0.25) is 0 Å². The molecule has 4 heteroatoms. The zero-order valence-corrected chi connectivity index (χ0v) is 10.5. The average Bonchev–Trinajstić information content (AvgIpc) is 2.73. The summed E-state index contributed by atoms with van der Waals surface area (Å²) in [5, 5.41) is 0.735. The normalized spacial score (nSPS) is 19.6. The number of nitrogens with two attached hydrogens (primary N) is 1. The second-order valence-electron chi connectivity index (χ2n) is 4.94. The lowest BCUT2D eigenvalue weighted by Gasteiger charge is -2.32. The van der Waals surface area contributed by atoms with Crippen molar-refractivity contribution in [3.8, 4) is 0 Å². The van der Waals surface area contributed by atoms with Crippen LogP contribution in [0, 0.1) is 0 Å². The molecule has 1 fully saturated rings. The minimum absolute atomic E-state index is 0.265. The summed E-state index contributed by atoms with van der Waals surface area (Å²) in [4.78, 5) is 4.51. The van der Waals surface area contributed by atoms with Crippen molar-refractivity contribution in [2.75, 3.05) is 0 Å². The molecule has 0 aromatic carbocycles. The summed E-state index contributed by atoms with van der Waals surface area (Å²) >= 11 is 5.98. The van der Waals surface area contributed by atoms with Crippen LogP contribution in [-0.4, -0.2) is 9.38 Å². The van der Waals surface area contributed by atoms with Crippen molar-refractivity contribution >= 4 is 17.1 Å². The topological polar surface area (TPSA) is 43.3 Å². The first-order valence-electron chi connectivity index (χ1n) is 6.11. The maximum absolute atomic E-state index is 6.51. The summed E-state index contributed by atoms with van der Waals surface area (Å²) in [5.74, 6) is 0.976. The molecule has 0 amide bonds. The molecule has 1 saturated carbocycles. The fourth-order valence-corrected chi connectivity index (χ4v) is 2.92. The molecule has 0 radical (unpaired) electrons. The first-order chi connectivity index (χ1) is 8.19. The fraction of sp³-hybridized carbons (Fsp3) is 0.462. The van der Waals surface area contributed by atoms with Gasteiger partial charge in [0, 0.05) is 11.2 Å². The Morgan fingerprint density at radius 1 is 1.29 bits per heavy atom. The fourth-order valence-electron chi connectivity index (χ4n) is 2.75. The van der Waals surface area contributed by atoms with Gasteiger partial charge in [-0.2, -0.15) is 0 Å². The molecule has 2 aromatic heterocycles. The van der Waals surface area contributed by atoms with Gasteiger partial charge in [0.2, 0.25) is 0 Å². The molecule has 0 aliphatic heterocycles. The predicted molar refractivity (Wildman–Crippen MR) is 69.2 cm³/mol. The second-order valence-corrected chi connectivity index (χ2v) is 5.37. The van der Waals surface area contributed by atoms with Gasteiger partial charge in [0.05, 0.1) is 17.3 Å². The summed E-state index contributed by atoms with van der Waals surface area (Å²) in [6.07, 6.45) is 9.53. The molecular formula is C13H16ClN3. The van der Waals surface area contributed by atoms with Crippen molar-refractivity contribution in [2.45, 2.75) is 37.6 Å². The van der Waals surface area contributed by atoms with E-state index in [1.165, 1.54) is 19.3 Å². The van der Waals surface area contributed by atoms with E-state index in [4.69, 9.17) is 17.3 Å². The van der Waals surface area contributed by atoms with Crippen molar-refractivity contribution in [2.24, 2.45) is 5.73 Å². The SMILES string of the molecule is NC1(c2ncc3cc(Cl)ccn23)CCCCC1. The van der Waals surface area contributed by atoms with Gasteiger partial charge >= 0.3 is 0 Å². The quantitative estimate of drug-likeness (QED) is 0.844. The number of hydrogen-bond donors (Lipinski definition) is 1. The Hall–Kier alpha value is -1.06. The molecule has 3 rings (SSSR count). The van der Waals surface area contributed by atoms with Gasteiger partial charge in [0.15, 0.2) is 0 Å². The third-order valence-electron chi connectivity index (χ3n) is 3.69. The van der Waals surface area contributed by atoms with Crippen molar-refractivity contribution in [3.63, 3.8) is 0 Å². The van der Waals surface area contributed by atoms with Crippen LogP contribution in [0.1, 0.15) is 37.9 Å². The van der Waals surface area contributed by atoms with Crippen LogP contribution in [0.2, 0.25) is 5.02 Å². The van der Waals surface area contributed by atoms with Crippen LogP contribution in [0.3, 0.4) is 0 Å². The van der Waals surface area contributed by atoms with Gasteiger partial charge in [-0.1, -0.05) is 30.9 Å². The first-order valence-corrected chi connectivity index (χ1v) is 6.49. The molecule has 0 spiro atoms. The van der Waals surface area contributed by atoms with Crippen LogP contribution in [0.15, 0.2) is 24.5 Å². The molecule has 90 valence electrons. The molecule has 0 saturated heterocycles. The van der Waals surface area contributed by atoms with Gasteiger partial charge in [0.25, 0.3) is 0 Å². The van der Waals surface area contributed by atoms with Crippen molar-refractivity contribution in [3.05, 3.63) is 35.4 Å². The minimum Gasteiger partial charge on any atom is -0.319 e. The maximum Gasteiger partial charge on any atom is 0.133 e. The molecule has 17 heavy (non-hydrogen) atoms. The van der Waals surface area contributed by atoms with Gasteiger partial charge in [0.1, 0.15) is 5.82 Å². The van der Waals surface area contributed by atoms with Crippen LogP contribution >= 0.6 is 11.6 Å². The molecule has 2 aromatic rings. The van der Waals surface area contributed by atoms with Gasteiger partial charge in [-0.25, -0.2) is 4.98 Å². The lowest BCUT2D eigenvalue weighted by Crippen LogP contribution is -2.40. The zero-order valence-electron chi connectivity index (χ0n) is 9.69. The number of aromatic nitrogens is 2. The third kappa shape index (κ3) is 1.83. The number of halogens is 1. The Kier molecular flexibility index (Phi) is 2.60. The molecule has 3 nitrogen and oxygen atoms in total. The smallest absolute Gasteiger partial charge is 0.133 e. The standard InChI is InChI=1S/C13H16ClN3/c14-10-4-7-17-11(8-10)9-16-12(17)13(15)5-2-1-3-6-13/h4,7-9H,1-3,5-6,15H2. The van der Waals surface area contributed by atoms with E-state index >= 15 is 0 Å². The molecule has 0 atom stereocenters. The number of rotatable bonds is 1. The van der Waals surface area contributed by atoms with E-state index in [0.29, 0.717) is 0 Å². The molecule has 0 unspecified atom stereocenters. The van der Waals surface area contributed by atoms with E-state index in [9.17, 15) is 0 Å². The highest BCUT2D eigenvalue weighted by Crippen LogP contribution is 2.34. The summed E-state index contributed by atoms with van der Waals surface area (Å²) in [6.45, 7) is 0. The summed E-state index contributed by atoms with van der Waals surface area (Å²) in [5.41, 5.74) is 7.26. The van der Waals surface area contributed by atoms with Crippen LogP contribution in [0.5, 0.6) is 0 Å². The second kappa shape index (κ2) is 4.00. The first kappa shape index (κ1) is 11.1. The average molecular weight is 250 g/mol. The zero-order chi connectivity index (χ0) is 11.9. The maximum atomic E-state index is 6.51. The van der Waals surface area contributed by atoms with Crippen molar-refractivity contribution in [1.29, 1.82) is 0 Å². The number of imidazole rings is 1. The molecular weight excluding hydrogens is 234 g/mol. The molecule has 2 heterocycles. The van der Waals surface area contributed by atoms with E-state index in [2.05, 4.69) is 9.38 Å². The van der Waals surface area contributed by atoms with Gasteiger partial charge in [-0.15, -0.1) is 0 Å². The number of hydrogen-bond acceptors (Lipinski definition) is 2. The number of nitrogens with zero attached hydrogens (tertiary/aromatic N) is 2. The predicted octanol–water partition coefficient (Wildman–Crippen LogP) is 3.11. The van der Waals surface area contributed by atoms with Crippen molar-refractivity contribution < 1.29 is 0 Å². The Morgan fingerprint density at radius 3 is 2.82 bits per heavy atom. The van der Waals surface area contributed by atoms with Gasteiger partial charge < -0.3 is 10.1 Å². The van der Waals surface area contributed by atoms with Crippen LogP contribution in [0.4, 0.5) is 0 Å². The Labute approximate surface area is 106 Å². The molecule has 2 N–H and O–H groups in total. The molecule has 0 bridgehead atoms. The Morgan fingerprint density at radius 2 is 2.06 bits per heavy atom. The summed E-state index contributed by atoms with van der Waals surface area (Å²) in [7, 11) is 0. The summed E-state index contributed by atoms with van der Waals surface area (Å²) in [6, 6.07) is 3.80. The molecule has 1 aliphatic rings. The highest BCUT2D eigenvalue weighted by molar-refractivity contribution is 6.30. The highest BCUT2D eigenvalue weighted by Gasteiger charge is 2.33. The number of pyridine rings is 1.